The number of sulfonamides is 1. The average molecular weight is 323 g/mol. The van der Waals surface area contributed by atoms with E-state index in [9.17, 15) is 13.2 Å². The van der Waals surface area contributed by atoms with Crippen molar-refractivity contribution >= 4 is 15.9 Å². The highest BCUT2D eigenvalue weighted by atomic mass is 32.2. The van der Waals surface area contributed by atoms with E-state index in [4.69, 9.17) is 5.14 Å². The molecule has 1 amide bonds. The van der Waals surface area contributed by atoms with E-state index >= 15 is 0 Å². The van der Waals surface area contributed by atoms with Crippen LogP contribution >= 0.6 is 0 Å². The van der Waals surface area contributed by atoms with Crippen molar-refractivity contribution in [2.24, 2.45) is 16.5 Å². The second-order valence-corrected chi connectivity index (χ2v) is 7.84. The molecule has 1 aliphatic heterocycles. The average Bonchev–Trinajstić information content (AvgIpc) is 3.18. The molecule has 22 heavy (non-hydrogen) atoms. The first-order valence-electron chi connectivity index (χ1n) is 7.51. The molecule has 2 aliphatic rings. The van der Waals surface area contributed by atoms with E-state index in [2.05, 4.69) is 10.6 Å². The lowest BCUT2D eigenvalue weighted by molar-refractivity contribution is -0.123. The molecule has 1 saturated carbocycles. The molecule has 4 N–H and O–H groups in total. The Kier molecular flexibility index (Phi) is 3.96. The molecule has 2 fully saturated rings. The van der Waals surface area contributed by atoms with Gasteiger partial charge in [-0.05, 0) is 55.5 Å². The van der Waals surface area contributed by atoms with Gasteiger partial charge in [-0.15, -0.1) is 0 Å². The molecule has 6 nitrogen and oxygen atoms in total. The molecule has 0 radical (unpaired) electrons. The molecular formula is C15H21N3O3S. The molecule has 1 aromatic rings. The summed E-state index contributed by atoms with van der Waals surface area (Å²) in [5.41, 5.74) is 1.09. The van der Waals surface area contributed by atoms with Crippen LogP contribution in [0.15, 0.2) is 29.2 Å². The van der Waals surface area contributed by atoms with Crippen molar-refractivity contribution in [2.45, 2.75) is 30.7 Å². The quantitative estimate of drug-likeness (QED) is 0.743. The second-order valence-electron chi connectivity index (χ2n) is 6.28. The maximum absolute atomic E-state index is 12.2. The Morgan fingerprint density at radius 1 is 1.27 bits per heavy atom. The summed E-state index contributed by atoms with van der Waals surface area (Å²) in [4.78, 5) is 12.3. The number of carbonyl (C=O) groups is 1. The van der Waals surface area contributed by atoms with Crippen LogP contribution in [0.25, 0.3) is 0 Å². The Labute approximate surface area is 130 Å². The van der Waals surface area contributed by atoms with E-state index in [1.54, 1.807) is 12.1 Å². The lowest BCUT2D eigenvalue weighted by Gasteiger charge is -2.23. The summed E-state index contributed by atoms with van der Waals surface area (Å²) in [6, 6.07) is 6.27. The van der Waals surface area contributed by atoms with Gasteiger partial charge in [0.1, 0.15) is 0 Å². The molecule has 3 rings (SSSR count). The molecule has 1 unspecified atom stereocenters. The smallest absolute Gasteiger partial charge is 0.238 e. The van der Waals surface area contributed by atoms with Crippen LogP contribution in [0.1, 0.15) is 24.8 Å². The lowest BCUT2D eigenvalue weighted by Crippen LogP contribution is -2.33. The number of hydrogen-bond acceptors (Lipinski definition) is 4. The molecule has 1 heterocycles. The standard InChI is InChI=1S/C15H21N3O3S/c16-22(20,21)12-3-1-11(2-4-12)10-18-14(19)13-9-15(13)5-7-17-8-6-15/h1-4,13,17H,5-10H2,(H,18,19)(H2,16,20,21). The largest absolute Gasteiger partial charge is 0.352 e. The Morgan fingerprint density at radius 2 is 1.91 bits per heavy atom. The van der Waals surface area contributed by atoms with Gasteiger partial charge in [-0.25, -0.2) is 13.6 Å². The predicted octanol–water partition coefficient (Wildman–Crippen LogP) is 0.340. The summed E-state index contributed by atoms with van der Waals surface area (Å²) >= 11 is 0. The molecular weight excluding hydrogens is 302 g/mol. The number of amides is 1. The van der Waals surface area contributed by atoms with Crippen LogP contribution in [-0.2, 0) is 21.4 Å². The van der Waals surface area contributed by atoms with Gasteiger partial charge in [0.2, 0.25) is 15.9 Å². The molecule has 0 bridgehead atoms. The number of nitrogens with two attached hydrogens (primary N) is 1. The van der Waals surface area contributed by atoms with Crippen molar-refractivity contribution in [1.82, 2.24) is 10.6 Å². The van der Waals surface area contributed by atoms with E-state index in [1.165, 1.54) is 12.1 Å². The fourth-order valence-electron chi connectivity index (χ4n) is 3.31. The van der Waals surface area contributed by atoms with E-state index in [0.29, 0.717) is 6.54 Å². The minimum atomic E-state index is -3.67. The predicted molar refractivity (Wildman–Crippen MR) is 82.3 cm³/mol. The minimum Gasteiger partial charge on any atom is -0.352 e. The van der Waals surface area contributed by atoms with Gasteiger partial charge in [-0.1, -0.05) is 12.1 Å². The SMILES string of the molecule is NS(=O)(=O)c1ccc(CNC(=O)C2CC23CCNCC3)cc1. The van der Waals surface area contributed by atoms with Crippen molar-refractivity contribution in [3.63, 3.8) is 0 Å². The maximum atomic E-state index is 12.2. The first-order chi connectivity index (χ1) is 10.4. The number of nitrogens with one attached hydrogen (secondary N) is 2. The van der Waals surface area contributed by atoms with Crippen molar-refractivity contribution in [2.75, 3.05) is 13.1 Å². The molecule has 7 heteroatoms. The lowest BCUT2D eigenvalue weighted by atomic mass is 9.92. The summed E-state index contributed by atoms with van der Waals surface area (Å²) < 4.78 is 22.4. The van der Waals surface area contributed by atoms with Gasteiger partial charge < -0.3 is 10.6 Å². The third-order valence-corrected chi connectivity index (χ3v) is 5.75. The summed E-state index contributed by atoms with van der Waals surface area (Å²) in [7, 11) is -3.67. The Bertz CT molecular complexity index is 664. The number of benzene rings is 1. The zero-order chi connectivity index (χ0) is 15.8. The van der Waals surface area contributed by atoms with E-state index in [1.807, 2.05) is 0 Å². The van der Waals surface area contributed by atoms with Crippen LogP contribution in [-0.4, -0.2) is 27.4 Å². The summed E-state index contributed by atoms with van der Waals surface area (Å²) in [6.45, 7) is 2.41. The monoisotopic (exact) mass is 323 g/mol. The summed E-state index contributed by atoms with van der Waals surface area (Å²) in [5, 5.41) is 11.3. The first kappa shape index (κ1) is 15.5. The normalized spacial score (nSPS) is 23.2. The summed E-state index contributed by atoms with van der Waals surface area (Å²) in [6.07, 6.45) is 3.15. The number of primary sulfonamides is 1. The third-order valence-electron chi connectivity index (χ3n) is 4.82. The number of piperidine rings is 1. The number of rotatable bonds is 4. The van der Waals surface area contributed by atoms with Crippen molar-refractivity contribution in [3.8, 4) is 0 Å². The van der Waals surface area contributed by atoms with E-state index < -0.39 is 10.0 Å². The number of hydrogen-bond donors (Lipinski definition) is 3. The van der Waals surface area contributed by atoms with Gasteiger partial charge in [0, 0.05) is 12.5 Å². The topological polar surface area (TPSA) is 101 Å². The van der Waals surface area contributed by atoms with Gasteiger partial charge in [-0.3, -0.25) is 4.79 Å². The van der Waals surface area contributed by atoms with Crippen LogP contribution in [0, 0.1) is 11.3 Å². The Morgan fingerprint density at radius 3 is 2.50 bits per heavy atom. The Balaban J connectivity index is 1.54. The van der Waals surface area contributed by atoms with Crippen molar-refractivity contribution < 1.29 is 13.2 Å². The van der Waals surface area contributed by atoms with Crippen LogP contribution < -0.4 is 15.8 Å². The highest BCUT2D eigenvalue weighted by Crippen LogP contribution is 2.58. The Hall–Kier alpha value is -1.44. The summed E-state index contributed by atoms with van der Waals surface area (Å²) in [5.74, 6) is 0.246. The minimum absolute atomic E-state index is 0.0819. The molecule has 1 saturated heterocycles. The highest BCUT2D eigenvalue weighted by molar-refractivity contribution is 7.89. The molecule has 120 valence electrons. The highest BCUT2D eigenvalue weighted by Gasteiger charge is 2.57. The van der Waals surface area contributed by atoms with Gasteiger partial charge >= 0.3 is 0 Å². The maximum Gasteiger partial charge on any atom is 0.238 e. The van der Waals surface area contributed by atoms with Gasteiger partial charge in [0.05, 0.1) is 4.90 Å². The third kappa shape index (κ3) is 3.16. The van der Waals surface area contributed by atoms with Crippen LogP contribution in [0.4, 0.5) is 0 Å². The van der Waals surface area contributed by atoms with Gasteiger partial charge in [0.25, 0.3) is 0 Å². The van der Waals surface area contributed by atoms with E-state index in [-0.39, 0.29) is 22.1 Å². The fourth-order valence-corrected chi connectivity index (χ4v) is 3.82. The van der Waals surface area contributed by atoms with Gasteiger partial charge in [-0.2, -0.15) is 0 Å². The first-order valence-corrected chi connectivity index (χ1v) is 9.06. The zero-order valence-corrected chi connectivity index (χ0v) is 13.2. The van der Waals surface area contributed by atoms with Crippen molar-refractivity contribution in [3.05, 3.63) is 29.8 Å². The molecule has 1 aliphatic carbocycles. The van der Waals surface area contributed by atoms with Crippen LogP contribution in [0.2, 0.25) is 0 Å². The van der Waals surface area contributed by atoms with E-state index in [0.717, 1.165) is 37.9 Å². The second kappa shape index (κ2) is 5.64. The molecule has 1 aromatic carbocycles. The zero-order valence-electron chi connectivity index (χ0n) is 12.3. The molecule has 1 spiro atoms. The number of carbonyl (C=O) groups excluding carboxylic acids is 1. The molecule has 1 atom stereocenters. The van der Waals surface area contributed by atoms with Gasteiger partial charge in [0.15, 0.2) is 0 Å². The van der Waals surface area contributed by atoms with Crippen LogP contribution in [0.5, 0.6) is 0 Å². The van der Waals surface area contributed by atoms with Crippen LogP contribution in [0.3, 0.4) is 0 Å². The fraction of sp³-hybridized carbons (Fsp3) is 0.533. The van der Waals surface area contributed by atoms with Crippen molar-refractivity contribution in [1.29, 1.82) is 0 Å². The molecule has 0 aromatic heterocycles.